The highest BCUT2D eigenvalue weighted by atomic mass is 16.7. The Morgan fingerprint density at radius 1 is 1.14 bits per heavy atom. The molecule has 5 nitrogen and oxygen atoms in total. The molecule has 1 aliphatic rings. The van der Waals surface area contributed by atoms with Gasteiger partial charge in [-0.2, -0.15) is 0 Å². The Balaban J connectivity index is 1.62. The molecular weight excluding hydrogens is 268 g/mol. The molecule has 106 valence electrons. The van der Waals surface area contributed by atoms with Crippen LogP contribution in [0.2, 0.25) is 0 Å². The summed E-state index contributed by atoms with van der Waals surface area (Å²) in [5.41, 5.74) is 2.74. The average Bonchev–Trinajstić information content (AvgIpc) is 3.13. The summed E-state index contributed by atoms with van der Waals surface area (Å²) >= 11 is 0. The molecule has 2 heterocycles. The van der Waals surface area contributed by atoms with Gasteiger partial charge in [0.05, 0.1) is 30.0 Å². The standard InChI is InChI=1S/C16H14N2O3/c19-14(11-5-6-15-16(7-11)21-10-20-15)8-18-9-17-12-3-1-2-4-13(12)18/h1-7,9,14,19H,8,10H2. The maximum atomic E-state index is 10.4. The normalized spacial score (nSPS) is 14.5. The zero-order valence-electron chi connectivity index (χ0n) is 11.3. The third-order valence-electron chi connectivity index (χ3n) is 3.68. The minimum absolute atomic E-state index is 0.237. The molecule has 2 aromatic carbocycles. The predicted octanol–water partition coefficient (Wildman–Crippen LogP) is 2.50. The van der Waals surface area contributed by atoms with E-state index in [0.29, 0.717) is 12.3 Å². The number of fused-ring (bicyclic) bond motifs is 2. The Bertz CT molecular complexity index is 797. The van der Waals surface area contributed by atoms with Crippen molar-refractivity contribution < 1.29 is 14.6 Å². The summed E-state index contributed by atoms with van der Waals surface area (Å²) in [5.74, 6) is 1.40. The SMILES string of the molecule is OC(Cn1cnc2ccccc21)c1ccc2c(c1)OCO2. The van der Waals surface area contributed by atoms with Gasteiger partial charge in [0.1, 0.15) is 0 Å². The van der Waals surface area contributed by atoms with Crippen LogP contribution in [0.4, 0.5) is 0 Å². The zero-order valence-corrected chi connectivity index (χ0v) is 11.3. The first-order valence-electron chi connectivity index (χ1n) is 6.79. The lowest BCUT2D eigenvalue weighted by atomic mass is 10.1. The summed E-state index contributed by atoms with van der Waals surface area (Å²) in [4.78, 5) is 4.33. The van der Waals surface area contributed by atoms with E-state index < -0.39 is 6.10 Å². The first-order chi connectivity index (χ1) is 10.3. The summed E-state index contributed by atoms with van der Waals surface area (Å²) in [6.07, 6.45) is 1.12. The van der Waals surface area contributed by atoms with Crippen LogP contribution >= 0.6 is 0 Å². The Morgan fingerprint density at radius 2 is 2.00 bits per heavy atom. The Labute approximate surface area is 121 Å². The number of benzene rings is 2. The van der Waals surface area contributed by atoms with Crippen molar-refractivity contribution in [2.75, 3.05) is 6.79 Å². The van der Waals surface area contributed by atoms with E-state index in [-0.39, 0.29) is 6.79 Å². The fourth-order valence-corrected chi connectivity index (χ4v) is 2.57. The first-order valence-corrected chi connectivity index (χ1v) is 6.79. The lowest BCUT2D eigenvalue weighted by Crippen LogP contribution is -2.07. The summed E-state index contributed by atoms with van der Waals surface area (Å²) in [6.45, 7) is 0.682. The predicted molar refractivity (Wildman–Crippen MR) is 77.3 cm³/mol. The van der Waals surface area contributed by atoms with Gasteiger partial charge in [-0.15, -0.1) is 0 Å². The van der Waals surface area contributed by atoms with E-state index in [4.69, 9.17) is 9.47 Å². The molecule has 0 saturated heterocycles. The van der Waals surface area contributed by atoms with Gasteiger partial charge in [-0.05, 0) is 29.8 Å². The van der Waals surface area contributed by atoms with Gasteiger partial charge in [0.15, 0.2) is 11.5 Å². The van der Waals surface area contributed by atoms with Crippen LogP contribution in [0, 0.1) is 0 Å². The van der Waals surface area contributed by atoms with Gasteiger partial charge in [0, 0.05) is 0 Å². The number of ether oxygens (including phenoxy) is 2. The van der Waals surface area contributed by atoms with E-state index >= 15 is 0 Å². The molecular formula is C16H14N2O3. The van der Waals surface area contributed by atoms with Crippen LogP contribution in [-0.4, -0.2) is 21.5 Å². The van der Waals surface area contributed by atoms with E-state index in [2.05, 4.69) is 4.98 Å². The third kappa shape index (κ3) is 2.11. The number of para-hydroxylation sites is 2. The highest BCUT2D eigenvalue weighted by Gasteiger charge is 2.17. The molecule has 0 saturated carbocycles. The van der Waals surface area contributed by atoms with Crippen molar-refractivity contribution in [3.8, 4) is 11.5 Å². The van der Waals surface area contributed by atoms with Crippen molar-refractivity contribution in [3.63, 3.8) is 0 Å². The van der Waals surface area contributed by atoms with Crippen LogP contribution in [0.25, 0.3) is 11.0 Å². The molecule has 0 bridgehead atoms. The van der Waals surface area contributed by atoms with Crippen molar-refractivity contribution in [2.24, 2.45) is 0 Å². The van der Waals surface area contributed by atoms with Crippen molar-refractivity contribution in [3.05, 3.63) is 54.4 Å². The molecule has 0 fully saturated rings. The first kappa shape index (κ1) is 12.2. The van der Waals surface area contributed by atoms with Crippen molar-refractivity contribution >= 4 is 11.0 Å². The molecule has 5 heteroatoms. The van der Waals surface area contributed by atoms with E-state index in [1.807, 2.05) is 47.0 Å². The van der Waals surface area contributed by atoms with Crippen LogP contribution < -0.4 is 9.47 Å². The Morgan fingerprint density at radius 3 is 2.95 bits per heavy atom. The molecule has 0 amide bonds. The van der Waals surface area contributed by atoms with Gasteiger partial charge in [0.25, 0.3) is 0 Å². The van der Waals surface area contributed by atoms with E-state index in [1.165, 1.54) is 0 Å². The summed E-state index contributed by atoms with van der Waals surface area (Å²) in [5, 5.41) is 10.4. The van der Waals surface area contributed by atoms with Crippen LogP contribution in [0.5, 0.6) is 11.5 Å². The third-order valence-corrected chi connectivity index (χ3v) is 3.68. The molecule has 1 unspecified atom stereocenters. The Kier molecular flexibility index (Phi) is 2.79. The average molecular weight is 282 g/mol. The summed E-state index contributed by atoms with van der Waals surface area (Å²) in [7, 11) is 0. The minimum Gasteiger partial charge on any atom is -0.454 e. The van der Waals surface area contributed by atoms with Crippen molar-refractivity contribution in [2.45, 2.75) is 12.6 Å². The smallest absolute Gasteiger partial charge is 0.231 e. The number of aliphatic hydroxyl groups is 1. The number of hydrogen-bond acceptors (Lipinski definition) is 4. The second kappa shape index (κ2) is 4.79. The van der Waals surface area contributed by atoms with Gasteiger partial charge in [-0.1, -0.05) is 18.2 Å². The lowest BCUT2D eigenvalue weighted by molar-refractivity contribution is 0.157. The van der Waals surface area contributed by atoms with E-state index in [9.17, 15) is 5.11 Å². The molecule has 4 rings (SSSR count). The summed E-state index contributed by atoms with van der Waals surface area (Å²) < 4.78 is 12.6. The van der Waals surface area contributed by atoms with Gasteiger partial charge in [-0.3, -0.25) is 0 Å². The molecule has 0 aliphatic carbocycles. The maximum absolute atomic E-state index is 10.4. The van der Waals surface area contributed by atoms with Gasteiger partial charge in [0.2, 0.25) is 6.79 Å². The van der Waals surface area contributed by atoms with Crippen molar-refractivity contribution in [1.82, 2.24) is 9.55 Å². The second-order valence-electron chi connectivity index (χ2n) is 5.01. The quantitative estimate of drug-likeness (QED) is 0.802. The van der Waals surface area contributed by atoms with Crippen LogP contribution in [-0.2, 0) is 6.54 Å². The fraction of sp³-hybridized carbons (Fsp3) is 0.188. The maximum Gasteiger partial charge on any atom is 0.231 e. The van der Waals surface area contributed by atoms with Crippen molar-refractivity contribution in [1.29, 1.82) is 0 Å². The number of nitrogens with zero attached hydrogens (tertiary/aromatic N) is 2. The number of hydrogen-bond donors (Lipinski definition) is 1. The van der Waals surface area contributed by atoms with E-state index in [0.717, 1.165) is 22.3 Å². The van der Waals surface area contributed by atoms with Gasteiger partial charge in [-0.25, -0.2) is 4.98 Å². The highest BCUT2D eigenvalue weighted by molar-refractivity contribution is 5.74. The number of rotatable bonds is 3. The highest BCUT2D eigenvalue weighted by Crippen LogP contribution is 2.34. The van der Waals surface area contributed by atoms with E-state index in [1.54, 1.807) is 6.33 Å². The fourth-order valence-electron chi connectivity index (χ4n) is 2.57. The zero-order chi connectivity index (χ0) is 14.2. The van der Waals surface area contributed by atoms with Gasteiger partial charge < -0.3 is 19.1 Å². The summed E-state index contributed by atoms with van der Waals surface area (Å²) in [6, 6.07) is 13.4. The molecule has 0 radical (unpaired) electrons. The number of aromatic nitrogens is 2. The largest absolute Gasteiger partial charge is 0.454 e. The molecule has 1 aliphatic heterocycles. The second-order valence-corrected chi connectivity index (χ2v) is 5.01. The minimum atomic E-state index is -0.628. The van der Waals surface area contributed by atoms with Crippen LogP contribution in [0.15, 0.2) is 48.8 Å². The lowest BCUT2D eigenvalue weighted by Gasteiger charge is -2.13. The van der Waals surface area contributed by atoms with Crippen LogP contribution in [0.1, 0.15) is 11.7 Å². The monoisotopic (exact) mass is 282 g/mol. The van der Waals surface area contributed by atoms with Gasteiger partial charge >= 0.3 is 0 Å². The topological polar surface area (TPSA) is 56.5 Å². The van der Waals surface area contributed by atoms with Crippen LogP contribution in [0.3, 0.4) is 0 Å². The number of imidazole rings is 1. The Hall–Kier alpha value is -2.53. The molecule has 3 aromatic rings. The number of aliphatic hydroxyl groups excluding tert-OH is 1. The molecule has 21 heavy (non-hydrogen) atoms. The molecule has 0 spiro atoms. The molecule has 1 N–H and O–H groups in total. The molecule has 1 atom stereocenters. The molecule has 1 aromatic heterocycles.